The molecule has 0 radical (unpaired) electrons. The van der Waals surface area contributed by atoms with Crippen molar-refractivity contribution in [1.29, 1.82) is 0 Å². The van der Waals surface area contributed by atoms with Gasteiger partial charge in [-0.05, 0) is 55.6 Å². The number of sulfone groups is 1. The molecule has 2 rings (SSSR count). The molecule has 4 heteroatoms. The number of allylic oxidation sites excluding steroid dienone is 1. The van der Waals surface area contributed by atoms with Gasteiger partial charge in [0.15, 0.2) is 0 Å². The van der Waals surface area contributed by atoms with Crippen LogP contribution in [0.1, 0.15) is 57.9 Å². The zero-order valence-electron chi connectivity index (χ0n) is 15.0. The lowest BCUT2D eigenvalue weighted by Crippen LogP contribution is -2.21. The molecule has 0 saturated carbocycles. The summed E-state index contributed by atoms with van der Waals surface area (Å²) in [7, 11) is -2.82. The summed E-state index contributed by atoms with van der Waals surface area (Å²) in [5.74, 6) is 0.721. The Labute approximate surface area is 147 Å². The van der Waals surface area contributed by atoms with Gasteiger partial charge in [0.05, 0.1) is 24.4 Å². The normalized spacial score (nSPS) is 24.3. The van der Waals surface area contributed by atoms with Crippen molar-refractivity contribution in [2.24, 2.45) is 5.41 Å². The molecular weight excluding hydrogens is 320 g/mol. The number of benzene rings is 1. The molecule has 3 nitrogen and oxygen atoms in total. The Balaban J connectivity index is 1.80. The molecule has 1 saturated heterocycles. The van der Waals surface area contributed by atoms with E-state index in [4.69, 9.17) is 4.74 Å². The summed E-state index contributed by atoms with van der Waals surface area (Å²) < 4.78 is 29.4. The molecule has 1 heterocycles. The monoisotopic (exact) mass is 350 g/mol. The summed E-state index contributed by atoms with van der Waals surface area (Å²) in [6.45, 7) is 4.94. The molecule has 134 valence electrons. The average molecular weight is 351 g/mol. The lowest BCUT2D eigenvalue weighted by atomic mass is 9.75. The molecule has 0 aromatic heterocycles. The molecule has 1 aliphatic rings. The summed E-state index contributed by atoms with van der Waals surface area (Å²) in [5.41, 5.74) is 2.49. The molecule has 0 amide bonds. The van der Waals surface area contributed by atoms with Crippen LogP contribution in [0.3, 0.4) is 0 Å². The topological polar surface area (TPSA) is 43.4 Å². The van der Waals surface area contributed by atoms with E-state index >= 15 is 0 Å². The lowest BCUT2D eigenvalue weighted by molar-refractivity contribution is 0.176. The van der Waals surface area contributed by atoms with Crippen molar-refractivity contribution in [3.05, 3.63) is 42.2 Å². The highest BCUT2D eigenvalue weighted by molar-refractivity contribution is 7.91. The fourth-order valence-corrected chi connectivity index (χ4v) is 5.06. The van der Waals surface area contributed by atoms with Crippen molar-refractivity contribution in [3.63, 3.8) is 0 Å². The summed E-state index contributed by atoms with van der Waals surface area (Å²) in [6.07, 6.45) is 7.58. The number of hydrogen-bond acceptors (Lipinski definition) is 3. The summed E-state index contributed by atoms with van der Waals surface area (Å²) in [5, 5.41) is 0. The molecule has 1 atom stereocenters. The van der Waals surface area contributed by atoms with Crippen molar-refractivity contribution < 1.29 is 13.2 Å². The Morgan fingerprint density at radius 1 is 1.21 bits per heavy atom. The highest BCUT2D eigenvalue weighted by atomic mass is 32.2. The predicted octanol–water partition coefficient (Wildman–Crippen LogP) is 4.84. The van der Waals surface area contributed by atoms with Crippen LogP contribution in [0.15, 0.2) is 36.6 Å². The Hall–Kier alpha value is -1.29. The summed E-state index contributed by atoms with van der Waals surface area (Å²) in [4.78, 5) is 0. The molecule has 1 aliphatic heterocycles. The maximum Gasteiger partial charge on any atom is 0.150 e. The first-order valence-corrected chi connectivity index (χ1v) is 10.8. The quantitative estimate of drug-likeness (QED) is 0.522. The molecular formula is C20H30O3S. The Kier molecular flexibility index (Phi) is 6.90. The predicted molar refractivity (Wildman–Crippen MR) is 101 cm³/mol. The van der Waals surface area contributed by atoms with E-state index in [9.17, 15) is 8.42 Å². The SMILES string of the molecule is CCC1(CCCO/C=C(/C)c2ccccc2)CCCS(=O)(=O)CC1. The number of rotatable bonds is 7. The Morgan fingerprint density at radius 2 is 1.96 bits per heavy atom. The average Bonchev–Trinajstić information content (AvgIpc) is 2.74. The maximum atomic E-state index is 11.8. The smallest absolute Gasteiger partial charge is 0.150 e. The van der Waals surface area contributed by atoms with Crippen molar-refractivity contribution >= 4 is 15.4 Å². The van der Waals surface area contributed by atoms with Gasteiger partial charge in [0.25, 0.3) is 0 Å². The number of ether oxygens (including phenoxy) is 1. The Bertz CT molecular complexity index is 634. The third-order valence-electron chi connectivity index (χ3n) is 5.31. The van der Waals surface area contributed by atoms with Crippen molar-refractivity contribution in [1.82, 2.24) is 0 Å². The van der Waals surface area contributed by atoms with Gasteiger partial charge in [-0.3, -0.25) is 0 Å². The van der Waals surface area contributed by atoms with Crippen LogP contribution in [-0.4, -0.2) is 26.5 Å². The van der Waals surface area contributed by atoms with Crippen LogP contribution in [0.2, 0.25) is 0 Å². The van der Waals surface area contributed by atoms with E-state index in [0.29, 0.717) is 18.1 Å². The first kappa shape index (κ1) is 19.0. The molecule has 0 bridgehead atoms. The van der Waals surface area contributed by atoms with Gasteiger partial charge in [0.2, 0.25) is 0 Å². The van der Waals surface area contributed by atoms with Gasteiger partial charge in [-0.15, -0.1) is 0 Å². The van der Waals surface area contributed by atoms with Gasteiger partial charge < -0.3 is 4.74 Å². The van der Waals surface area contributed by atoms with Gasteiger partial charge >= 0.3 is 0 Å². The van der Waals surface area contributed by atoms with Crippen molar-refractivity contribution in [2.45, 2.75) is 52.4 Å². The zero-order chi connectivity index (χ0) is 17.5. The molecule has 0 N–H and O–H groups in total. The van der Waals surface area contributed by atoms with E-state index < -0.39 is 9.84 Å². The minimum atomic E-state index is -2.82. The summed E-state index contributed by atoms with van der Waals surface area (Å²) in [6, 6.07) is 10.2. The van der Waals surface area contributed by atoms with E-state index in [2.05, 4.69) is 26.0 Å². The lowest BCUT2D eigenvalue weighted by Gasteiger charge is -2.31. The first-order valence-electron chi connectivity index (χ1n) is 9.01. The largest absolute Gasteiger partial charge is 0.501 e. The van der Waals surface area contributed by atoms with Crippen molar-refractivity contribution in [3.8, 4) is 0 Å². The molecule has 0 aliphatic carbocycles. The third-order valence-corrected chi connectivity index (χ3v) is 7.05. The van der Waals surface area contributed by atoms with Gasteiger partial charge in [-0.25, -0.2) is 8.42 Å². The standard InChI is InChI=1S/C20H30O3S/c1-3-20(12-8-15-24(21,22)16-13-20)11-7-14-23-17-18(2)19-9-5-4-6-10-19/h4-6,9-10,17H,3,7-8,11-16H2,1-2H3/b18-17-. The van der Waals surface area contributed by atoms with Gasteiger partial charge in [-0.1, -0.05) is 43.7 Å². The highest BCUT2D eigenvalue weighted by Crippen LogP contribution is 2.39. The van der Waals surface area contributed by atoms with Crippen LogP contribution in [-0.2, 0) is 14.6 Å². The number of hydrogen-bond donors (Lipinski definition) is 0. The van der Waals surface area contributed by atoms with E-state index in [1.54, 1.807) is 0 Å². The van der Waals surface area contributed by atoms with Crippen LogP contribution in [0.5, 0.6) is 0 Å². The Morgan fingerprint density at radius 3 is 2.67 bits per heavy atom. The van der Waals surface area contributed by atoms with E-state index in [0.717, 1.165) is 44.1 Å². The molecule has 1 aromatic rings. The minimum Gasteiger partial charge on any atom is -0.501 e. The molecule has 0 spiro atoms. The zero-order valence-corrected chi connectivity index (χ0v) is 15.8. The molecule has 1 fully saturated rings. The van der Waals surface area contributed by atoms with Crippen LogP contribution >= 0.6 is 0 Å². The van der Waals surface area contributed by atoms with E-state index in [1.165, 1.54) is 5.56 Å². The van der Waals surface area contributed by atoms with Crippen LogP contribution in [0.25, 0.3) is 5.57 Å². The molecule has 1 unspecified atom stereocenters. The second-order valence-corrected chi connectivity index (χ2v) is 9.30. The van der Waals surface area contributed by atoms with Crippen LogP contribution in [0, 0.1) is 5.41 Å². The molecule has 1 aromatic carbocycles. The second kappa shape index (κ2) is 8.70. The van der Waals surface area contributed by atoms with Gasteiger partial charge in [0.1, 0.15) is 9.84 Å². The van der Waals surface area contributed by atoms with E-state index in [1.807, 2.05) is 24.5 Å². The first-order chi connectivity index (χ1) is 11.5. The van der Waals surface area contributed by atoms with E-state index in [-0.39, 0.29) is 5.41 Å². The third kappa shape index (κ3) is 5.66. The highest BCUT2D eigenvalue weighted by Gasteiger charge is 2.32. The van der Waals surface area contributed by atoms with Crippen molar-refractivity contribution in [2.75, 3.05) is 18.1 Å². The van der Waals surface area contributed by atoms with Crippen LogP contribution < -0.4 is 0 Å². The van der Waals surface area contributed by atoms with Crippen LogP contribution in [0.4, 0.5) is 0 Å². The fraction of sp³-hybridized carbons (Fsp3) is 0.600. The fourth-order valence-electron chi connectivity index (χ4n) is 3.53. The molecule has 24 heavy (non-hydrogen) atoms. The summed E-state index contributed by atoms with van der Waals surface area (Å²) >= 11 is 0. The second-order valence-electron chi connectivity index (χ2n) is 7.00. The van der Waals surface area contributed by atoms with Gasteiger partial charge in [0, 0.05) is 0 Å². The maximum absolute atomic E-state index is 11.8. The minimum absolute atomic E-state index is 0.186. The van der Waals surface area contributed by atoms with Gasteiger partial charge in [-0.2, -0.15) is 0 Å².